The number of carbonyl (C=O) groups is 2. The maximum atomic E-state index is 12.8. The first-order chi connectivity index (χ1) is 14.6. The normalized spacial score (nSPS) is 17.8. The van der Waals surface area contributed by atoms with Gasteiger partial charge in [-0.2, -0.15) is 10.2 Å². The number of aromatic nitrogens is 4. The number of aryl methyl sites for hydroxylation is 2. The third-order valence-corrected chi connectivity index (χ3v) is 5.94. The largest absolute Gasteiger partial charge is 0.461 e. The van der Waals surface area contributed by atoms with Crippen LogP contribution in [0.3, 0.4) is 0 Å². The number of nitrogens with one attached hydrogen (secondary N) is 1. The fourth-order valence-corrected chi connectivity index (χ4v) is 4.22. The number of fused-ring (bicyclic) bond motifs is 1. The molecule has 0 radical (unpaired) electrons. The summed E-state index contributed by atoms with van der Waals surface area (Å²) in [7, 11) is 0. The van der Waals surface area contributed by atoms with E-state index in [1.165, 1.54) is 6.20 Å². The van der Waals surface area contributed by atoms with Crippen molar-refractivity contribution in [2.75, 3.05) is 26.4 Å². The number of esters is 1. The molecule has 2 aliphatic rings. The van der Waals surface area contributed by atoms with Gasteiger partial charge in [-0.05, 0) is 43.2 Å². The summed E-state index contributed by atoms with van der Waals surface area (Å²) in [5, 5.41) is 15.3. The molecule has 0 saturated carbocycles. The van der Waals surface area contributed by atoms with E-state index in [1.54, 1.807) is 12.1 Å². The molecule has 1 N–H and O–H groups in total. The summed E-state index contributed by atoms with van der Waals surface area (Å²) in [5.41, 5.74) is 2.74. The summed E-state index contributed by atoms with van der Waals surface area (Å²) in [6, 6.07) is 3.22. The zero-order valence-corrected chi connectivity index (χ0v) is 17.2. The van der Waals surface area contributed by atoms with Crippen molar-refractivity contribution in [2.45, 2.75) is 45.6 Å². The molecule has 1 fully saturated rings. The third kappa shape index (κ3) is 4.21. The van der Waals surface area contributed by atoms with Gasteiger partial charge in [0, 0.05) is 38.9 Å². The lowest BCUT2D eigenvalue weighted by atomic mass is 9.76. The van der Waals surface area contributed by atoms with Crippen LogP contribution in [0.1, 0.15) is 58.4 Å². The van der Waals surface area contributed by atoms with Gasteiger partial charge in [0.2, 0.25) is 0 Å². The molecule has 30 heavy (non-hydrogen) atoms. The number of amides is 1. The Morgan fingerprint density at radius 2 is 2.20 bits per heavy atom. The van der Waals surface area contributed by atoms with Crippen LogP contribution in [-0.4, -0.2) is 58.2 Å². The molecule has 1 spiro atoms. The molecule has 2 aromatic rings. The molecule has 1 amide bonds. The maximum absolute atomic E-state index is 12.8. The molecule has 2 aromatic heterocycles. The molecule has 4 heterocycles. The maximum Gasteiger partial charge on any atom is 0.358 e. The zero-order chi connectivity index (χ0) is 21.0. The SMILES string of the molecule is CCc1nn(CCCOC(=O)c2cccnn2)c2c1C(=O)NCC1(CCOCC1)C2. The first-order valence-electron chi connectivity index (χ1n) is 10.5. The quantitative estimate of drug-likeness (QED) is 0.565. The Morgan fingerprint density at radius 3 is 2.93 bits per heavy atom. The van der Waals surface area contributed by atoms with Crippen LogP contribution in [0.2, 0.25) is 0 Å². The molecule has 0 unspecified atom stereocenters. The van der Waals surface area contributed by atoms with Gasteiger partial charge >= 0.3 is 5.97 Å². The Morgan fingerprint density at radius 1 is 1.37 bits per heavy atom. The molecule has 9 heteroatoms. The Kier molecular flexibility index (Phi) is 6.08. The highest BCUT2D eigenvalue weighted by molar-refractivity contribution is 5.97. The van der Waals surface area contributed by atoms with Crippen molar-refractivity contribution in [3.05, 3.63) is 41.0 Å². The van der Waals surface area contributed by atoms with Crippen molar-refractivity contribution in [3.63, 3.8) is 0 Å². The first kappa shape index (κ1) is 20.5. The number of hydrogen-bond acceptors (Lipinski definition) is 7. The molecule has 0 aliphatic carbocycles. The van der Waals surface area contributed by atoms with Gasteiger partial charge in [0.05, 0.1) is 23.6 Å². The molecular weight excluding hydrogens is 386 g/mol. The van der Waals surface area contributed by atoms with Crippen LogP contribution in [0.25, 0.3) is 0 Å². The van der Waals surface area contributed by atoms with Gasteiger partial charge in [0.25, 0.3) is 5.91 Å². The summed E-state index contributed by atoms with van der Waals surface area (Å²) in [5.74, 6) is -0.525. The molecular formula is C21H27N5O4. The first-order valence-corrected chi connectivity index (χ1v) is 10.5. The lowest BCUT2D eigenvalue weighted by Gasteiger charge is -2.36. The van der Waals surface area contributed by atoms with Crippen LogP contribution >= 0.6 is 0 Å². The van der Waals surface area contributed by atoms with Crippen molar-refractivity contribution in [1.82, 2.24) is 25.3 Å². The van der Waals surface area contributed by atoms with E-state index in [2.05, 4.69) is 15.5 Å². The van der Waals surface area contributed by atoms with Crippen LogP contribution in [0.5, 0.6) is 0 Å². The lowest BCUT2D eigenvalue weighted by Crippen LogP contribution is -2.40. The molecule has 9 nitrogen and oxygen atoms in total. The minimum absolute atomic E-state index is 0.0143. The van der Waals surface area contributed by atoms with E-state index in [9.17, 15) is 9.59 Å². The van der Waals surface area contributed by atoms with Gasteiger partial charge in [0.15, 0.2) is 5.69 Å². The van der Waals surface area contributed by atoms with E-state index in [-0.39, 0.29) is 23.6 Å². The fourth-order valence-electron chi connectivity index (χ4n) is 4.22. The summed E-state index contributed by atoms with van der Waals surface area (Å²) < 4.78 is 12.8. The molecule has 0 atom stereocenters. The molecule has 160 valence electrons. The fraction of sp³-hybridized carbons (Fsp3) is 0.571. The van der Waals surface area contributed by atoms with E-state index in [0.29, 0.717) is 25.9 Å². The smallest absolute Gasteiger partial charge is 0.358 e. The summed E-state index contributed by atoms with van der Waals surface area (Å²) in [4.78, 5) is 24.8. The minimum Gasteiger partial charge on any atom is -0.461 e. The Hall–Kier alpha value is -2.81. The number of ether oxygens (including phenoxy) is 2. The van der Waals surface area contributed by atoms with E-state index in [4.69, 9.17) is 14.6 Å². The Balaban J connectivity index is 1.46. The second-order valence-corrected chi connectivity index (χ2v) is 7.92. The van der Waals surface area contributed by atoms with Crippen molar-refractivity contribution < 1.29 is 19.1 Å². The van der Waals surface area contributed by atoms with Crippen molar-refractivity contribution in [3.8, 4) is 0 Å². The van der Waals surface area contributed by atoms with E-state index in [0.717, 1.165) is 49.4 Å². The standard InChI is InChI=1S/C21H27N5O4/c1-2-15-18-17(13-21(14-22-19(18)27)6-11-29-12-7-21)26(25-15)9-4-10-30-20(28)16-5-3-8-23-24-16/h3,5,8H,2,4,6-7,9-14H2,1H3,(H,22,27). The van der Waals surface area contributed by atoms with Crippen LogP contribution in [0, 0.1) is 5.41 Å². The van der Waals surface area contributed by atoms with Crippen LogP contribution in [0.4, 0.5) is 0 Å². The number of rotatable bonds is 6. The minimum atomic E-state index is -0.489. The van der Waals surface area contributed by atoms with Crippen LogP contribution in [0.15, 0.2) is 18.3 Å². The molecule has 1 saturated heterocycles. The van der Waals surface area contributed by atoms with Crippen molar-refractivity contribution in [1.29, 1.82) is 0 Å². The Labute approximate surface area is 175 Å². The number of hydrogen-bond donors (Lipinski definition) is 1. The monoisotopic (exact) mass is 413 g/mol. The van der Waals surface area contributed by atoms with Gasteiger partial charge < -0.3 is 14.8 Å². The predicted molar refractivity (Wildman–Crippen MR) is 107 cm³/mol. The molecule has 2 aliphatic heterocycles. The van der Waals surface area contributed by atoms with Gasteiger partial charge in [-0.3, -0.25) is 9.48 Å². The summed E-state index contributed by atoms with van der Waals surface area (Å²) >= 11 is 0. The highest BCUT2D eigenvalue weighted by atomic mass is 16.5. The third-order valence-electron chi connectivity index (χ3n) is 5.94. The second-order valence-electron chi connectivity index (χ2n) is 7.92. The summed E-state index contributed by atoms with van der Waals surface area (Å²) in [6.07, 6.45) is 5.45. The average molecular weight is 413 g/mol. The number of nitrogens with zero attached hydrogens (tertiary/aromatic N) is 4. The van der Waals surface area contributed by atoms with Gasteiger partial charge in [-0.1, -0.05) is 6.92 Å². The van der Waals surface area contributed by atoms with E-state index < -0.39 is 5.97 Å². The summed E-state index contributed by atoms with van der Waals surface area (Å²) in [6.45, 7) is 4.95. The Bertz CT molecular complexity index is 906. The highest BCUT2D eigenvalue weighted by Gasteiger charge is 2.39. The molecule has 4 rings (SSSR count). The molecule has 0 aromatic carbocycles. The predicted octanol–water partition coefficient (Wildman–Crippen LogP) is 1.57. The van der Waals surface area contributed by atoms with Gasteiger partial charge in [0.1, 0.15) is 0 Å². The highest BCUT2D eigenvalue weighted by Crippen LogP contribution is 2.37. The van der Waals surface area contributed by atoms with E-state index in [1.807, 2.05) is 11.6 Å². The van der Waals surface area contributed by atoms with Crippen LogP contribution < -0.4 is 5.32 Å². The van der Waals surface area contributed by atoms with E-state index >= 15 is 0 Å². The van der Waals surface area contributed by atoms with Crippen molar-refractivity contribution in [2.24, 2.45) is 5.41 Å². The lowest BCUT2D eigenvalue weighted by molar-refractivity contribution is 0.0152. The van der Waals surface area contributed by atoms with Crippen LogP contribution in [-0.2, 0) is 28.9 Å². The topological polar surface area (TPSA) is 108 Å². The van der Waals surface area contributed by atoms with Gasteiger partial charge in [-0.25, -0.2) is 4.79 Å². The number of carbonyl (C=O) groups excluding carboxylic acids is 2. The van der Waals surface area contributed by atoms with Gasteiger partial charge in [-0.15, -0.1) is 5.10 Å². The second kappa shape index (κ2) is 8.91. The molecule has 0 bridgehead atoms. The zero-order valence-electron chi connectivity index (χ0n) is 17.2. The van der Waals surface area contributed by atoms with Crippen molar-refractivity contribution >= 4 is 11.9 Å². The average Bonchev–Trinajstić information content (AvgIpc) is 3.06.